The van der Waals surface area contributed by atoms with Crippen LogP contribution < -0.4 is 29.3 Å². The average molecular weight is 514 g/mol. The molecule has 0 aliphatic carbocycles. The number of anilines is 1. The maximum atomic E-state index is 13.6. The summed E-state index contributed by atoms with van der Waals surface area (Å²) in [5.41, 5.74) is 1.81. The molecule has 3 aliphatic heterocycles. The van der Waals surface area contributed by atoms with Crippen molar-refractivity contribution in [1.29, 1.82) is 5.26 Å². The lowest BCUT2D eigenvalue weighted by Gasteiger charge is -2.51. The van der Waals surface area contributed by atoms with Crippen LogP contribution >= 0.6 is 11.3 Å². The molecule has 0 spiro atoms. The number of carbonyl (C=O) groups is 1. The SMILES string of the molecule is C[N+]12CCC(OC(=O)Nc3ncsc3-c3ccc(F)c(C#N)c3)(CC1)CC2.[I-]. The van der Waals surface area contributed by atoms with Crippen LogP contribution in [0.4, 0.5) is 15.0 Å². The number of carbonyl (C=O) groups excluding carboxylic acids is 1. The van der Waals surface area contributed by atoms with E-state index in [9.17, 15) is 9.18 Å². The third-order valence-corrected chi connectivity index (χ3v) is 6.64. The Bertz CT molecular complexity index is 918. The fourth-order valence-electron chi connectivity index (χ4n) is 3.90. The van der Waals surface area contributed by atoms with Crippen LogP contribution in [-0.2, 0) is 4.74 Å². The van der Waals surface area contributed by atoms with Gasteiger partial charge in [-0.3, -0.25) is 5.32 Å². The highest BCUT2D eigenvalue weighted by Crippen LogP contribution is 2.39. The standard InChI is InChI=1S/C19H19FN4O2S.HI/c1-24-7-4-19(5-8-24,6-9-24)26-18(25)23-17-16(27-12-22-17)13-2-3-15(20)14(10-13)11-21;/h2-3,10,12H,4-9H2,1H3;1H. The van der Waals surface area contributed by atoms with Gasteiger partial charge in [-0.2, -0.15) is 5.26 Å². The number of aromatic nitrogens is 1. The quantitative estimate of drug-likeness (QED) is 0.485. The highest BCUT2D eigenvalue weighted by molar-refractivity contribution is 7.13. The van der Waals surface area contributed by atoms with Gasteiger partial charge in [-0.1, -0.05) is 6.07 Å². The van der Waals surface area contributed by atoms with Gasteiger partial charge in [0.25, 0.3) is 0 Å². The monoisotopic (exact) mass is 514 g/mol. The number of rotatable bonds is 3. The normalized spacial score (nSPS) is 25.5. The van der Waals surface area contributed by atoms with Crippen LogP contribution in [0.3, 0.4) is 0 Å². The minimum Gasteiger partial charge on any atom is -1.00 e. The molecule has 2 bridgehead atoms. The van der Waals surface area contributed by atoms with Gasteiger partial charge in [-0.15, -0.1) is 11.3 Å². The van der Waals surface area contributed by atoms with Crippen molar-refractivity contribution >= 4 is 23.2 Å². The second-order valence-electron chi connectivity index (χ2n) is 7.57. The van der Waals surface area contributed by atoms with Gasteiger partial charge in [0, 0.05) is 19.3 Å². The van der Waals surface area contributed by atoms with Gasteiger partial charge in [0.05, 0.1) is 42.6 Å². The molecule has 3 aliphatic rings. The molecule has 0 atom stereocenters. The molecule has 3 fully saturated rings. The number of benzene rings is 1. The Labute approximate surface area is 183 Å². The summed E-state index contributed by atoms with van der Waals surface area (Å²) in [6.45, 7) is 3.09. The molecule has 1 amide bonds. The first-order chi connectivity index (χ1) is 12.9. The summed E-state index contributed by atoms with van der Waals surface area (Å²) in [6, 6.07) is 6.10. The maximum Gasteiger partial charge on any atom is 0.413 e. The number of hydrogen-bond donors (Lipinski definition) is 1. The van der Waals surface area contributed by atoms with Crippen LogP contribution in [0.15, 0.2) is 23.7 Å². The molecule has 5 rings (SSSR count). The van der Waals surface area contributed by atoms with Crippen LogP contribution in [0.2, 0.25) is 0 Å². The van der Waals surface area contributed by atoms with Gasteiger partial charge >= 0.3 is 6.09 Å². The van der Waals surface area contributed by atoms with Crippen LogP contribution in [0.5, 0.6) is 0 Å². The minimum absolute atomic E-state index is 0. The molecule has 6 nitrogen and oxygen atoms in total. The number of quaternary nitrogens is 1. The maximum absolute atomic E-state index is 13.6. The summed E-state index contributed by atoms with van der Waals surface area (Å²) >= 11 is 1.31. The van der Waals surface area contributed by atoms with E-state index in [1.807, 2.05) is 6.07 Å². The van der Waals surface area contributed by atoms with Crippen molar-refractivity contribution in [3.63, 3.8) is 0 Å². The van der Waals surface area contributed by atoms with Crippen molar-refractivity contribution in [1.82, 2.24) is 4.98 Å². The molecule has 2 aromatic rings. The first kappa shape index (κ1) is 21.0. The lowest BCUT2D eigenvalue weighted by Crippen LogP contribution is -3.00. The van der Waals surface area contributed by atoms with Crippen LogP contribution in [0, 0.1) is 17.1 Å². The number of nitriles is 1. The largest absolute Gasteiger partial charge is 1.00 e. The fourth-order valence-corrected chi connectivity index (χ4v) is 4.64. The molecule has 0 radical (unpaired) electrons. The van der Waals surface area contributed by atoms with Crippen molar-refractivity contribution in [3.8, 4) is 16.5 Å². The van der Waals surface area contributed by atoms with Crippen molar-refractivity contribution in [2.75, 3.05) is 32.0 Å². The Balaban J connectivity index is 0.00000225. The van der Waals surface area contributed by atoms with Gasteiger partial charge in [-0.25, -0.2) is 14.2 Å². The third-order valence-electron chi connectivity index (χ3n) is 5.77. The number of fused-ring (bicyclic) bond motifs is 3. The van der Waals surface area contributed by atoms with Crippen LogP contribution in [0.1, 0.15) is 24.8 Å². The van der Waals surface area contributed by atoms with E-state index in [0.717, 1.165) is 43.4 Å². The summed E-state index contributed by atoms with van der Waals surface area (Å²) in [7, 11) is 2.25. The molecule has 0 saturated carbocycles. The average Bonchev–Trinajstić information content (AvgIpc) is 3.11. The smallest absolute Gasteiger partial charge is 0.413 e. The molecule has 148 valence electrons. The van der Waals surface area contributed by atoms with Gasteiger partial charge < -0.3 is 33.2 Å². The number of piperidine rings is 3. The zero-order chi connectivity index (χ0) is 19.1. The fraction of sp³-hybridized carbons (Fsp3) is 0.421. The second-order valence-corrected chi connectivity index (χ2v) is 8.43. The summed E-state index contributed by atoms with van der Waals surface area (Å²) in [5, 5.41) is 11.8. The van der Waals surface area contributed by atoms with Crippen molar-refractivity contribution < 1.29 is 42.4 Å². The molecular formula is C19H20FIN4O2S. The van der Waals surface area contributed by atoms with Crippen LogP contribution in [-0.4, -0.2) is 47.8 Å². The Morgan fingerprint density at radius 1 is 1.36 bits per heavy atom. The highest BCUT2D eigenvalue weighted by atomic mass is 127. The lowest BCUT2D eigenvalue weighted by atomic mass is 9.81. The van der Waals surface area contributed by atoms with Gasteiger partial charge in [0.2, 0.25) is 0 Å². The number of hydrogen-bond acceptors (Lipinski definition) is 5. The molecule has 28 heavy (non-hydrogen) atoms. The van der Waals surface area contributed by atoms with Crippen LogP contribution in [0.25, 0.3) is 10.4 Å². The number of thiazole rings is 1. The number of nitrogens with one attached hydrogen (secondary N) is 1. The van der Waals surface area contributed by atoms with E-state index in [2.05, 4.69) is 17.3 Å². The van der Waals surface area contributed by atoms with Gasteiger partial charge in [0.15, 0.2) is 5.82 Å². The summed E-state index contributed by atoms with van der Waals surface area (Å²) in [5.74, 6) is -0.206. The Morgan fingerprint density at radius 2 is 2.04 bits per heavy atom. The Hall–Kier alpha value is -1.77. The summed E-state index contributed by atoms with van der Waals surface area (Å²) in [6.07, 6.45) is 2.13. The van der Waals surface area contributed by atoms with Crippen molar-refractivity contribution in [3.05, 3.63) is 35.1 Å². The molecule has 1 N–H and O–H groups in total. The highest BCUT2D eigenvalue weighted by Gasteiger charge is 2.49. The number of nitrogens with zero attached hydrogens (tertiary/aromatic N) is 3. The Morgan fingerprint density at radius 3 is 2.68 bits per heavy atom. The topological polar surface area (TPSA) is 75.0 Å². The van der Waals surface area contributed by atoms with Crippen molar-refractivity contribution in [2.24, 2.45) is 0 Å². The molecule has 1 aromatic carbocycles. The number of ether oxygens (including phenoxy) is 1. The Kier molecular flexibility index (Phi) is 5.93. The van der Waals surface area contributed by atoms with Gasteiger partial charge in [-0.05, 0) is 17.7 Å². The van der Waals surface area contributed by atoms with E-state index in [4.69, 9.17) is 10.00 Å². The summed E-state index contributed by atoms with van der Waals surface area (Å²) in [4.78, 5) is 17.4. The zero-order valence-electron chi connectivity index (χ0n) is 15.4. The molecule has 9 heteroatoms. The minimum atomic E-state index is -0.571. The van der Waals surface area contributed by atoms with E-state index in [1.54, 1.807) is 11.6 Å². The molecule has 4 heterocycles. The van der Waals surface area contributed by atoms with Crippen molar-refractivity contribution in [2.45, 2.75) is 24.9 Å². The first-order valence-corrected chi connectivity index (χ1v) is 9.77. The molecule has 3 saturated heterocycles. The predicted octanol–water partition coefficient (Wildman–Crippen LogP) is 0.756. The van der Waals surface area contributed by atoms with E-state index < -0.39 is 11.9 Å². The molecular weight excluding hydrogens is 494 g/mol. The predicted molar refractivity (Wildman–Crippen MR) is 99.7 cm³/mol. The second kappa shape index (κ2) is 7.93. The molecule has 0 unspecified atom stereocenters. The van der Waals surface area contributed by atoms with E-state index in [-0.39, 0.29) is 35.1 Å². The molecule has 1 aromatic heterocycles. The zero-order valence-corrected chi connectivity index (χ0v) is 18.3. The number of halogens is 2. The van der Waals surface area contributed by atoms with Gasteiger partial charge in [0.1, 0.15) is 17.5 Å². The summed E-state index contributed by atoms with van der Waals surface area (Å²) < 4.78 is 20.5. The van der Waals surface area contributed by atoms with E-state index >= 15 is 0 Å². The lowest BCUT2D eigenvalue weighted by molar-refractivity contribution is -0.926. The first-order valence-electron chi connectivity index (χ1n) is 8.89. The third kappa shape index (κ3) is 3.99. The van der Waals surface area contributed by atoms with E-state index in [0.29, 0.717) is 16.3 Å². The number of amides is 1. The van der Waals surface area contributed by atoms with E-state index in [1.165, 1.54) is 23.5 Å².